The molecule has 0 bridgehead atoms. The van der Waals surface area contributed by atoms with Crippen molar-refractivity contribution in [1.82, 2.24) is 4.98 Å². The van der Waals surface area contributed by atoms with E-state index < -0.39 is 11.5 Å². The van der Waals surface area contributed by atoms with Gasteiger partial charge in [-0.1, -0.05) is 55.8 Å². The average Bonchev–Trinajstić information content (AvgIpc) is 3.29. The first-order valence-electron chi connectivity index (χ1n) is 15.8. The summed E-state index contributed by atoms with van der Waals surface area (Å²) in [6.07, 6.45) is 11.4. The maximum Gasteiger partial charge on any atom is 0.329 e. The lowest BCUT2D eigenvalue weighted by molar-refractivity contribution is -0.144. The van der Waals surface area contributed by atoms with Gasteiger partial charge in [0.25, 0.3) is 0 Å². The number of benzene rings is 2. The van der Waals surface area contributed by atoms with Gasteiger partial charge in [-0.2, -0.15) is 0 Å². The van der Waals surface area contributed by atoms with E-state index in [-0.39, 0.29) is 5.41 Å². The number of hydrogen-bond donors (Lipinski definition) is 2. The third-order valence-electron chi connectivity index (χ3n) is 10.5. The topological polar surface area (TPSA) is 71.5 Å². The van der Waals surface area contributed by atoms with Gasteiger partial charge in [0.15, 0.2) is 0 Å². The van der Waals surface area contributed by atoms with Crippen LogP contribution in [0.3, 0.4) is 0 Å². The first-order chi connectivity index (χ1) is 20.3. The molecule has 6 heteroatoms. The number of carboxylic acids is 1. The number of aryl methyl sites for hydroxylation is 1. The second-order valence-electron chi connectivity index (χ2n) is 13.1. The molecule has 2 aromatic carbocycles. The van der Waals surface area contributed by atoms with Crippen molar-refractivity contribution in [2.45, 2.75) is 94.9 Å². The standard InChI is InChI=1S/C36H43ClN2O3/c1-3-25-9-6-13-31-33(25)32(14-19-38-31)42-23-24(2)20-27-21-26-8-4-5-12-30(26)35(27)15-17-36(18-16-35,34(40)41)39-29-11-7-10-28(37)22-29/h4-5,7-8,10-12,14,19,22,24-25,27,39H,3,6,9,13,15-18,20-21,23H2,1-2H3,(H,40,41)/t24-,25-,27?,35?,36?/m1/s1. The summed E-state index contributed by atoms with van der Waals surface area (Å²) < 4.78 is 6.56. The van der Waals surface area contributed by atoms with E-state index in [1.165, 1.54) is 35.2 Å². The summed E-state index contributed by atoms with van der Waals surface area (Å²) in [6.45, 7) is 5.27. The highest BCUT2D eigenvalue weighted by Crippen LogP contribution is 2.56. The van der Waals surface area contributed by atoms with Crippen LogP contribution in [0.2, 0.25) is 5.02 Å². The summed E-state index contributed by atoms with van der Waals surface area (Å²) in [7, 11) is 0. The van der Waals surface area contributed by atoms with Gasteiger partial charge in [0.2, 0.25) is 0 Å². The van der Waals surface area contributed by atoms with Crippen molar-refractivity contribution < 1.29 is 14.6 Å². The molecule has 3 atom stereocenters. The Kier molecular flexibility index (Phi) is 8.24. The number of rotatable bonds is 9. The molecule has 1 unspecified atom stereocenters. The van der Waals surface area contributed by atoms with Crippen molar-refractivity contribution in [3.8, 4) is 5.75 Å². The molecule has 0 radical (unpaired) electrons. The predicted molar refractivity (Wildman–Crippen MR) is 169 cm³/mol. The summed E-state index contributed by atoms with van der Waals surface area (Å²) in [5.41, 5.74) is 5.17. The van der Waals surface area contributed by atoms with Crippen molar-refractivity contribution in [1.29, 1.82) is 0 Å². The van der Waals surface area contributed by atoms with Gasteiger partial charge in [-0.15, -0.1) is 0 Å². The van der Waals surface area contributed by atoms with Gasteiger partial charge in [0.05, 0.1) is 6.61 Å². The Labute approximate surface area is 255 Å². The van der Waals surface area contributed by atoms with E-state index in [0.717, 1.165) is 50.0 Å². The number of anilines is 1. The molecule has 3 aliphatic rings. The van der Waals surface area contributed by atoms with Crippen LogP contribution < -0.4 is 10.1 Å². The van der Waals surface area contributed by atoms with Gasteiger partial charge in [-0.3, -0.25) is 4.98 Å². The summed E-state index contributed by atoms with van der Waals surface area (Å²) in [6, 6.07) is 18.3. The molecule has 3 aliphatic carbocycles. The zero-order valence-corrected chi connectivity index (χ0v) is 25.6. The van der Waals surface area contributed by atoms with Crippen LogP contribution in [0.1, 0.15) is 93.5 Å². The van der Waals surface area contributed by atoms with Crippen LogP contribution in [0, 0.1) is 11.8 Å². The number of nitrogens with zero attached hydrogens (tertiary/aromatic N) is 1. The summed E-state index contributed by atoms with van der Waals surface area (Å²) in [4.78, 5) is 17.4. The van der Waals surface area contributed by atoms with Crippen LogP contribution >= 0.6 is 11.6 Å². The molecule has 0 amide bonds. The Morgan fingerprint density at radius 3 is 2.71 bits per heavy atom. The number of carboxylic acid groups (broad SMARTS) is 1. The van der Waals surface area contributed by atoms with Crippen molar-refractivity contribution in [3.63, 3.8) is 0 Å². The lowest BCUT2D eigenvalue weighted by atomic mass is 9.59. The van der Waals surface area contributed by atoms with Gasteiger partial charge in [-0.25, -0.2) is 4.79 Å². The Hall–Kier alpha value is -3.05. The van der Waals surface area contributed by atoms with E-state index in [9.17, 15) is 9.90 Å². The zero-order chi connectivity index (χ0) is 29.3. The van der Waals surface area contributed by atoms with E-state index in [0.29, 0.717) is 42.2 Å². The molecule has 42 heavy (non-hydrogen) atoms. The zero-order valence-electron chi connectivity index (χ0n) is 24.9. The fourth-order valence-corrected chi connectivity index (χ4v) is 8.51. The van der Waals surface area contributed by atoms with Crippen LogP contribution in [0.15, 0.2) is 60.8 Å². The minimum Gasteiger partial charge on any atom is -0.493 e. The van der Waals surface area contributed by atoms with Gasteiger partial charge >= 0.3 is 5.97 Å². The van der Waals surface area contributed by atoms with Crippen LogP contribution in [-0.4, -0.2) is 28.2 Å². The lowest BCUT2D eigenvalue weighted by Gasteiger charge is -2.47. The summed E-state index contributed by atoms with van der Waals surface area (Å²) in [5, 5.41) is 14.4. The third-order valence-corrected chi connectivity index (χ3v) is 10.8. The molecular weight excluding hydrogens is 544 g/mol. The molecule has 1 aromatic heterocycles. The number of halogens is 1. The Morgan fingerprint density at radius 2 is 1.95 bits per heavy atom. The SMILES string of the molecule is CC[C@@H]1CCCc2nccc(OC[C@H](C)CC3Cc4ccccc4C34CCC(Nc3cccc(Cl)c3)(C(=O)O)CC4)c21. The maximum absolute atomic E-state index is 12.7. The van der Waals surface area contributed by atoms with Crippen molar-refractivity contribution in [3.05, 3.63) is 88.2 Å². The molecular formula is C36H43ClN2O3. The molecule has 1 spiro atoms. The minimum atomic E-state index is -0.997. The van der Waals surface area contributed by atoms with Crippen molar-refractivity contribution >= 4 is 23.3 Å². The second-order valence-corrected chi connectivity index (χ2v) is 13.5. The fourth-order valence-electron chi connectivity index (χ4n) is 8.32. The smallest absolute Gasteiger partial charge is 0.329 e. The van der Waals surface area contributed by atoms with E-state index in [1.54, 1.807) is 0 Å². The quantitative estimate of drug-likeness (QED) is 0.263. The number of ether oxygens (including phenoxy) is 1. The Bertz CT molecular complexity index is 1430. The molecule has 1 saturated carbocycles. The maximum atomic E-state index is 12.7. The monoisotopic (exact) mass is 586 g/mol. The van der Waals surface area contributed by atoms with Crippen LogP contribution in [0.25, 0.3) is 0 Å². The molecule has 0 saturated heterocycles. The fraction of sp³-hybridized carbons (Fsp3) is 0.500. The van der Waals surface area contributed by atoms with Crippen LogP contribution in [-0.2, 0) is 23.1 Å². The first-order valence-corrected chi connectivity index (χ1v) is 16.2. The summed E-state index contributed by atoms with van der Waals surface area (Å²) >= 11 is 6.22. The van der Waals surface area contributed by atoms with E-state index in [4.69, 9.17) is 16.3 Å². The Balaban J connectivity index is 1.19. The van der Waals surface area contributed by atoms with E-state index >= 15 is 0 Å². The molecule has 3 aromatic rings. The molecule has 6 rings (SSSR count). The largest absolute Gasteiger partial charge is 0.493 e. The molecule has 1 fully saturated rings. The van der Waals surface area contributed by atoms with E-state index in [2.05, 4.69) is 54.5 Å². The number of carbonyl (C=O) groups is 1. The molecule has 1 heterocycles. The number of fused-ring (bicyclic) bond motifs is 3. The number of aliphatic carboxylic acids is 1. The highest BCUT2D eigenvalue weighted by molar-refractivity contribution is 6.30. The number of aromatic nitrogens is 1. The number of pyridine rings is 1. The van der Waals surface area contributed by atoms with Gasteiger partial charge in [0.1, 0.15) is 11.3 Å². The first kappa shape index (κ1) is 29.0. The van der Waals surface area contributed by atoms with Crippen LogP contribution in [0.4, 0.5) is 5.69 Å². The van der Waals surface area contributed by atoms with Crippen molar-refractivity contribution in [2.24, 2.45) is 11.8 Å². The molecule has 222 valence electrons. The minimum absolute atomic E-state index is 0.0110. The van der Waals surface area contributed by atoms with Gasteiger partial charge in [-0.05, 0) is 123 Å². The summed E-state index contributed by atoms with van der Waals surface area (Å²) in [5.74, 6) is 1.62. The lowest BCUT2D eigenvalue weighted by Crippen LogP contribution is -2.53. The second kappa shape index (κ2) is 11.9. The highest BCUT2D eigenvalue weighted by atomic mass is 35.5. The van der Waals surface area contributed by atoms with Crippen molar-refractivity contribution in [2.75, 3.05) is 11.9 Å². The number of hydrogen-bond acceptors (Lipinski definition) is 4. The van der Waals surface area contributed by atoms with Gasteiger partial charge in [0, 0.05) is 28.2 Å². The van der Waals surface area contributed by atoms with Crippen LogP contribution in [0.5, 0.6) is 5.75 Å². The number of nitrogens with one attached hydrogen (secondary N) is 1. The normalized spacial score (nSPS) is 27.2. The third kappa shape index (κ3) is 5.41. The molecule has 2 N–H and O–H groups in total. The van der Waals surface area contributed by atoms with E-state index in [1.807, 2.05) is 30.5 Å². The Morgan fingerprint density at radius 1 is 1.14 bits per heavy atom. The highest BCUT2D eigenvalue weighted by Gasteiger charge is 2.54. The average molecular weight is 587 g/mol. The predicted octanol–water partition coefficient (Wildman–Crippen LogP) is 8.59. The molecule has 0 aliphatic heterocycles. The van der Waals surface area contributed by atoms with Gasteiger partial charge < -0.3 is 15.2 Å². The molecule has 5 nitrogen and oxygen atoms in total.